The number of rotatable bonds is 10. The van der Waals surface area contributed by atoms with Crippen LogP contribution in [0.25, 0.3) is 0 Å². The van der Waals surface area contributed by atoms with Gasteiger partial charge in [0.05, 0.1) is 17.1 Å². The maximum Gasteiger partial charge on any atom is 0.248 e. The van der Waals surface area contributed by atoms with Gasteiger partial charge in [-0.25, -0.2) is 30.3 Å². The van der Waals surface area contributed by atoms with Crippen LogP contribution in [0.15, 0.2) is 52.3 Å². The van der Waals surface area contributed by atoms with Gasteiger partial charge in [0, 0.05) is 31.7 Å². The molecule has 2 aromatic carbocycles. The van der Waals surface area contributed by atoms with Crippen LogP contribution in [0.1, 0.15) is 19.3 Å². The van der Waals surface area contributed by atoms with Gasteiger partial charge in [0.2, 0.25) is 20.0 Å². The second-order valence-corrected chi connectivity index (χ2v) is 13.2. The Bertz CT molecular complexity index is 1330. The number of aliphatic hydroxyl groups excluding tert-OH is 1. The zero-order valence-corrected chi connectivity index (χ0v) is 22.4. The lowest BCUT2D eigenvalue weighted by Gasteiger charge is -2.38. The van der Waals surface area contributed by atoms with Crippen molar-refractivity contribution in [1.29, 1.82) is 0 Å². The number of ether oxygens (including phenoxy) is 2. The summed E-state index contributed by atoms with van der Waals surface area (Å²) in [6.45, 7) is 0.648. The molecule has 38 heavy (non-hydrogen) atoms. The summed E-state index contributed by atoms with van der Waals surface area (Å²) in [5.74, 6) is -1.93. The van der Waals surface area contributed by atoms with E-state index in [0.29, 0.717) is 31.6 Å². The predicted octanol–water partition coefficient (Wildman–Crippen LogP) is 1.21. The van der Waals surface area contributed by atoms with Crippen LogP contribution in [-0.4, -0.2) is 83.9 Å². The van der Waals surface area contributed by atoms with E-state index in [1.807, 2.05) is 0 Å². The van der Waals surface area contributed by atoms with Crippen LogP contribution in [0, 0.1) is 11.6 Å². The summed E-state index contributed by atoms with van der Waals surface area (Å²) in [4.78, 5) is -0.883. The smallest absolute Gasteiger partial charge is 0.248 e. The van der Waals surface area contributed by atoms with Crippen LogP contribution in [0.4, 0.5) is 8.78 Å². The van der Waals surface area contributed by atoms with Gasteiger partial charge in [0.25, 0.3) is 0 Å². The van der Waals surface area contributed by atoms with Crippen LogP contribution in [0.5, 0.6) is 5.75 Å². The van der Waals surface area contributed by atoms with Crippen molar-refractivity contribution < 1.29 is 40.2 Å². The summed E-state index contributed by atoms with van der Waals surface area (Å²) in [6.07, 6.45) is 0.460. The molecule has 0 bridgehead atoms. The zero-order valence-electron chi connectivity index (χ0n) is 20.8. The van der Waals surface area contributed by atoms with E-state index in [4.69, 9.17) is 9.47 Å². The van der Waals surface area contributed by atoms with Gasteiger partial charge in [-0.15, -0.1) is 0 Å². The Hall–Kier alpha value is -2.20. The maximum absolute atomic E-state index is 14.1. The number of nitrogens with one attached hydrogen (secondary N) is 2. The molecule has 0 aromatic heterocycles. The average molecular weight is 576 g/mol. The number of sulfonamides is 2. The first kappa shape index (κ1) is 28.8. The maximum atomic E-state index is 14.1. The molecule has 10 nitrogen and oxygen atoms in total. The molecule has 2 saturated heterocycles. The third-order valence-electron chi connectivity index (χ3n) is 6.83. The van der Waals surface area contributed by atoms with Crippen LogP contribution >= 0.6 is 0 Å². The largest absolute Gasteiger partial charge is 0.491 e. The number of aliphatic hydroxyl groups is 1. The Morgan fingerprint density at radius 1 is 1.13 bits per heavy atom. The van der Waals surface area contributed by atoms with Gasteiger partial charge in [-0.1, -0.05) is 12.1 Å². The summed E-state index contributed by atoms with van der Waals surface area (Å²) in [5, 5.41) is 13.6. The normalized spacial score (nSPS) is 21.0. The van der Waals surface area contributed by atoms with Crippen molar-refractivity contribution in [2.75, 3.05) is 39.9 Å². The highest BCUT2D eigenvalue weighted by atomic mass is 32.2. The Labute approximate surface area is 221 Å². The Morgan fingerprint density at radius 3 is 2.45 bits per heavy atom. The summed E-state index contributed by atoms with van der Waals surface area (Å²) in [7, 11) is -6.62. The first-order valence-electron chi connectivity index (χ1n) is 12.1. The highest BCUT2D eigenvalue weighted by Gasteiger charge is 2.45. The van der Waals surface area contributed by atoms with Crippen molar-refractivity contribution in [1.82, 2.24) is 14.3 Å². The molecule has 2 atom stereocenters. The second kappa shape index (κ2) is 11.5. The fourth-order valence-electron chi connectivity index (χ4n) is 4.72. The van der Waals surface area contributed by atoms with E-state index in [1.165, 1.54) is 19.2 Å². The van der Waals surface area contributed by atoms with Crippen molar-refractivity contribution >= 4 is 20.0 Å². The van der Waals surface area contributed by atoms with Gasteiger partial charge in [0.1, 0.15) is 30.1 Å². The van der Waals surface area contributed by atoms with Crippen LogP contribution in [0.3, 0.4) is 0 Å². The van der Waals surface area contributed by atoms with E-state index in [-0.39, 0.29) is 37.2 Å². The number of halogens is 2. The molecular weight excluding hydrogens is 544 g/mol. The standard InChI is InChI=1S/C24H31F2N3O7S2/c1-27-37(31,32)20-5-2-4-19(12-20)35-16-18(30)14-28-17-13-24(36-15-17)8-10-29(11-9-24)38(33,34)23-21(25)6-3-7-22(23)26/h2-7,12,17-18,27-28,30H,8-11,13-16H2,1H3. The second-order valence-electron chi connectivity index (χ2n) is 9.41. The predicted molar refractivity (Wildman–Crippen MR) is 134 cm³/mol. The van der Waals surface area contributed by atoms with E-state index < -0.39 is 48.3 Å². The van der Waals surface area contributed by atoms with Gasteiger partial charge in [0.15, 0.2) is 4.90 Å². The van der Waals surface area contributed by atoms with E-state index in [9.17, 15) is 30.7 Å². The number of hydrogen-bond acceptors (Lipinski definition) is 8. The topological polar surface area (TPSA) is 134 Å². The summed E-state index contributed by atoms with van der Waals surface area (Å²) in [6, 6.07) is 8.82. The molecule has 0 saturated carbocycles. The third kappa shape index (κ3) is 6.33. The Morgan fingerprint density at radius 2 is 1.79 bits per heavy atom. The van der Waals surface area contributed by atoms with Crippen molar-refractivity contribution in [2.45, 2.75) is 46.8 Å². The first-order chi connectivity index (χ1) is 18.0. The average Bonchev–Trinajstić information content (AvgIpc) is 3.28. The minimum atomic E-state index is -4.32. The van der Waals surface area contributed by atoms with Gasteiger partial charge < -0.3 is 19.9 Å². The quantitative estimate of drug-likeness (QED) is 0.385. The Kier molecular flexibility index (Phi) is 8.71. The fraction of sp³-hybridized carbons (Fsp3) is 0.500. The fourth-order valence-corrected chi connectivity index (χ4v) is 7.03. The minimum Gasteiger partial charge on any atom is -0.491 e. The minimum absolute atomic E-state index is 0.0522. The van der Waals surface area contributed by atoms with E-state index in [0.717, 1.165) is 22.5 Å². The van der Waals surface area contributed by atoms with Crippen molar-refractivity contribution in [3.63, 3.8) is 0 Å². The number of nitrogens with zero attached hydrogens (tertiary/aromatic N) is 1. The summed E-state index contributed by atoms with van der Waals surface area (Å²) >= 11 is 0. The molecule has 2 aliphatic heterocycles. The van der Waals surface area contributed by atoms with Crippen LogP contribution in [0.2, 0.25) is 0 Å². The monoisotopic (exact) mass is 575 g/mol. The molecule has 2 unspecified atom stereocenters. The summed E-state index contributed by atoms with van der Waals surface area (Å²) in [5.41, 5.74) is -0.557. The highest BCUT2D eigenvalue weighted by molar-refractivity contribution is 7.89. The van der Waals surface area contributed by atoms with E-state index in [2.05, 4.69) is 10.0 Å². The lowest BCUT2D eigenvalue weighted by molar-refractivity contribution is -0.0312. The molecule has 14 heteroatoms. The number of benzene rings is 2. The molecular formula is C24H31F2N3O7S2. The molecule has 3 N–H and O–H groups in total. The van der Waals surface area contributed by atoms with Crippen LogP contribution < -0.4 is 14.8 Å². The van der Waals surface area contributed by atoms with E-state index >= 15 is 0 Å². The van der Waals surface area contributed by atoms with Crippen molar-refractivity contribution in [3.8, 4) is 5.75 Å². The first-order valence-corrected chi connectivity index (χ1v) is 15.0. The van der Waals surface area contributed by atoms with Gasteiger partial charge in [-0.05, 0) is 50.6 Å². The number of hydrogen-bond donors (Lipinski definition) is 3. The lowest BCUT2D eigenvalue weighted by Crippen LogP contribution is -2.47. The van der Waals surface area contributed by atoms with Crippen molar-refractivity contribution in [3.05, 3.63) is 54.1 Å². The highest BCUT2D eigenvalue weighted by Crippen LogP contribution is 2.38. The molecule has 4 rings (SSSR count). The Balaban J connectivity index is 1.25. The molecule has 210 valence electrons. The van der Waals surface area contributed by atoms with Gasteiger partial charge in [-0.3, -0.25) is 0 Å². The molecule has 0 aliphatic carbocycles. The molecule has 2 heterocycles. The molecule has 2 aliphatic rings. The SMILES string of the molecule is CNS(=O)(=O)c1cccc(OCC(O)CNC2COC3(CCN(S(=O)(=O)c4c(F)cccc4F)CC3)C2)c1. The molecule has 2 fully saturated rings. The molecule has 0 radical (unpaired) electrons. The van der Waals surface area contributed by atoms with E-state index in [1.54, 1.807) is 12.1 Å². The molecule has 0 amide bonds. The lowest BCUT2D eigenvalue weighted by atomic mass is 9.88. The molecule has 1 spiro atoms. The van der Waals surface area contributed by atoms with Crippen LogP contribution in [-0.2, 0) is 24.8 Å². The summed E-state index contributed by atoms with van der Waals surface area (Å²) < 4.78 is 92.6. The third-order valence-corrected chi connectivity index (χ3v) is 10.2. The zero-order chi connectivity index (χ0) is 27.6. The molecule has 2 aromatic rings. The van der Waals surface area contributed by atoms with Gasteiger partial charge in [-0.2, -0.15) is 4.31 Å². The van der Waals surface area contributed by atoms with Gasteiger partial charge >= 0.3 is 0 Å². The number of piperidine rings is 1. The van der Waals surface area contributed by atoms with Crippen molar-refractivity contribution in [2.24, 2.45) is 0 Å².